The summed E-state index contributed by atoms with van der Waals surface area (Å²) >= 11 is 0. The Kier molecular flexibility index (Phi) is 4.27. The zero-order chi connectivity index (χ0) is 11.3. The van der Waals surface area contributed by atoms with E-state index in [-0.39, 0.29) is 0 Å². The first-order chi connectivity index (χ1) is 7.20. The van der Waals surface area contributed by atoms with Gasteiger partial charge in [0.05, 0.1) is 0 Å². The van der Waals surface area contributed by atoms with Gasteiger partial charge in [0, 0.05) is 5.56 Å². The molecule has 0 unspecified atom stereocenters. The number of rotatable bonds is 5. The second-order valence-corrected chi connectivity index (χ2v) is 9.17. The Labute approximate surface area is 93.5 Å². The Bertz CT molecular complexity index is 306. The van der Waals surface area contributed by atoms with E-state index in [1.807, 2.05) is 30.3 Å². The Morgan fingerprint density at radius 3 is 1.87 bits per heavy atom. The number of hydrogen-bond acceptors (Lipinski definition) is 1. The van der Waals surface area contributed by atoms with Crippen molar-refractivity contribution in [2.24, 2.45) is 0 Å². The van der Waals surface area contributed by atoms with Crippen LogP contribution < -0.4 is 0 Å². The van der Waals surface area contributed by atoms with Gasteiger partial charge in [0.2, 0.25) is 0 Å². The largest absolute Gasteiger partial charge is 0.300 e. The van der Waals surface area contributed by atoms with Crippen LogP contribution in [0.3, 0.4) is 0 Å². The fraction of sp³-hybridized carbons (Fsp3) is 0.462. The van der Waals surface area contributed by atoms with Crippen LogP contribution in [0.15, 0.2) is 30.3 Å². The molecule has 1 aromatic rings. The van der Waals surface area contributed by atoms with Crippen LogP contribution in [-0.4, -0.2) is 13.5 Å². The lowest BCUT2D eigenvalue weighted by molar-refractivity contribution is 0.106. The lowest BCUT2D eigenvalue weighted by Gasteiger charge is -2.25. The van der Waals surface area contributed by atoms with Crippen LogP contribution in [0, 0.1) is 0 Å². The van der Waals surface area contributed by atoms with Gasteiger partial charge in [-0.05, 0) is 0 Å². The van der Waals surface area contributed by atoms with Crippen LogP contribution in [0.2, 0.25) is 18.1 Å². The molecule has 0 spiro atoms. The Balaban J connectivity index is 3.01. The summed E-state index contributed by atoms with van der Waals surface area (Å²) in [4.78, 5) is 12.4. The van der Waals surface area contributed by atoms with E-state index in [1.54, 1.807) is 0 Å². The van der Waals surface area contributed by atoms with Crippen LogP contribution in [0.5, 0.6) is 0 Å². The minimum Gasteiger partial charge on any atom is -0.300 e. The van der Waals surface area contributed by atoms with Crippen molar-refractivity contribution in [1.29, 1.82) is 0 Å². The van der Waals surface area contributed by atoms with Crippen molar-refractivity contribution in [3.63, 3.8) is 0 Å². The average Bonchev–Trinajstić information content (AvgIpc) is 2.33. The summed E-state index contributed by atoms with van der Waals surface area (Å²) in [6.07, 6.45) is 0. The summed E-state index contributed by atoms with van der Waals surface area (Å²) < 4.78 is 0. The van der Waals surface area contributed by atoms with E-state index in [2.05, 4.69) is 20.8 Å². The molecule has 0 aliphatic heterocycles. The van der Waals surface area contributed by atoms with Gasteiger partial charge in [-0.15, -0.1) is 0 Å². The number of hydrogen-bond donors (Lipinski definition) is 0. The van der Waals surface area contributed by atoms with Crippen LogP contribution in [0.25, 0.3) is 0 Å². The topological polar surface area (TPSA) is 17.1 Å². The van der Waals surface area contributed by atoms with Gasteiger partial charge in [-0.25, -0.2) is 0 Å². The predicted molar refractivity (Wildman–Crippen MR) is 68.0 cm³/mol. The number of carbonyl (C=O) groups is 1. The van der Waals surface area contributed by atoms with Crippen LogP contribution >= 0.6 is 0 Å². The third-order valence-corrected chi connectivity index (χ3v) is 8.86. The maximum absolute atomic E-state index is 12.4. The van der Waals surface area contributed by atoms with Gasteiger partial charge in [-0.2, -0.15) is 0 Å². The van der Waals surface area contributed by atoms with E-state index in [4.69, 9.17) is 0 Å². The summed E-state index contributed by atoms with van der Waals surface area (Å²) in [6.45, 7) is 6.50. The third kappa shape index (κ3) is 2.37. The van der Waals surface area contributed by atoms with Crippen molar-refractivity contribution >= 4 is 13.5 Å². The zero-order valence-corrected chi connectivity index (χ0v) is 10.9. The maximum Gasteiger partial charge on any atom is 0.140 e. The van der Waals surface area contributed by atoms with Crippen LogP contribution in [0.4, 0.5) is 0 Å². The molecule has 0 fully saturated rings. The SMILES string of the molecule is CC[Si](CC)(CC)C(=O)c1ccccc1. The molecule has 1 aromatic carbocycles. The highest BCUT2D eigenvalue weighted by Gasteiger charge is 2.35. The minimum atomic E-state index is -1.70. The lowest BCUT2D eigenvalue weighted by atomic mass is 10.2. The molecular weight excluding hydrogens is 200 g/mol. The monoisotopic (exact) mass is 220 g/mol. The number of benzene rings is 1. The molecule has 0 bridgehead atoms. The van der Waals surface area contributed by atoms with Gasteiger partial charge in [-0.1, -0.05) is 69.2 Å². The van der Waals surface area contributed by atoms with Gasteiger partial charge in [-0.3, -0.25) is 0 Å². The molecule has 0 N–H and O–H groups in total. The average molecular weight is 220 g/mol. The molecule has 1 rings (SSSR count). The Hall–Kier alpha value is -0.893. The lowest BCUT2D eigenvalue weighted by Crippen LogP contribution is -2.42. The fourth-order valence-corrected chi connectivity index (χ4v) is 5.37. The first-order valence-corrected chi connectivity index (χ1v) is 8.42. The van der Waals surface area contributed by atoms with Gasteiger partial charge in [0.1, 0.15) is 13.5 Å². The first-order valence-electron chi connectivity index (χ1n) is 5.80. The van der Waals surface area contributed by atoms with E-state index >= 15 is 0 Å². The Morgan fingerprint density at radius 1 is 1.00 bits per heavy atom. The maximum atomic E-state index is 12.4. The van der Waals surface area contributed by atoms with E-state index in [1.165, 1.54) is 0 Å². The van der Waals surface area contributed by atoms with Gasteiger partial charge in [0.25, 0.3) is 0 Å². The predicted octanol–water partition coefficient (Wildman–Crippen LogP) is 3.92. The summed E-state index contributed by atoms with van der Waals surface area (Å²) in [5, 5.41) is 0.440. The minimum absolute atomic E-state index is 0.440. The van der Waals surface area contributed by atoms with Gasteiger partial charge >= 0.3 is 0 Å². The normalized spacial score (nSPS) is 11.4. The summed E-state index contributed by atoms with van der Waals surface area (Å²) in [5.74, 6) is 0. The van der Waals surface area contributed by atoms with E-state index in [0.29, 0.717) is 5.41 Å². The molecule has 82 valence electrons. The van der Waals surface area contributed by atoms with Crippen molar-refractivity contribution in [3.8, 4) is 0 Å². The highest BCUT2D eigenvalue weighted by Crippen LogP contribution is 2.24. The molecule has 0 aromatic heterocycles. The standard InChI is InChI=1S/C13H20OSi/c1-4-15(5-2,6-3)13(14)12-10-8-7-9-11-12/h7-11H,4-6H2,1-3H3. The zero-order valence-electron chi connectivity index (χ0n) is 9.92. The van der Waals surface area contributed by atoms with Crippen LogP contribution in [0.1, 0.15) is 31.1 Å². The third-order valence-electron chi connectivity index (χ3n) is 3.55. The first kappa shape index (κ1) is 12.2. The molecular formula is C13H20OSi. The van der Waals surface area contributed by atoms with Gasteiger partial charge < -0.3 is 4.79 Å². The second kappa shape index (κ2) is 5.26. The smallest absolute Gasteiger partial charge is 0.140 e. The molecule has 0 saturated carbocycles. The highest BCUT2D eigenvalue weighted by molar-refractivity contribution is 7.07. The van der Waals surface area contributed by atoms with E-state index in [9.17, 15) is 4.79 Å². The molecule has 0 atom stereocenters. The molecule has 15 heavy (non-hydrogen) atoms. The van der Waals surface area contributed by atoms with Gasteiger partial charge in [0.15, 0.2) is 0 Å². The highest BCUT2D eigenvalue weighted by atomic mass is 28.3. The van der Waals surface area contributed by atoms with Crippen molar-refractivity contribution in [2.45, 2.75) is 38.9 Å². The van der Waals surface area contributed by atoms with Crippen molar-refractivity contribution in [2.75, 3.05) is 0 Å². The summed E-state index contributed by atoms with van der Waals surface area (Å²) in [6, 6.07) is 13.0. The summed E-state index contributed by atoms with van der Waals surface area (Å²) in [5.41, 5.74) is 0.912. The fourth-order valence-electron chi connectivity index (χ4n) is 2.13. The number of carbonyl (C=O) groups excluding carboxylic acids is 1. The molecule has 2 heteroatoms. The molecule has 0 amide bonds. The van der Waals surface area contributed by atoms with Crippen molar-refractivity contribution in [1.82, 2.24) is 0 Å². The molecule has 0 aliphatic carbocycles. The van der Waals surface area contributed by atoms with E-state index < -0.39 is 8.07 Å². The molecule has 1 nitrogen and oxygen atoms in total. The molecule has 0 heterocycles. The molecule has 0 radical (unpaired) electrons. The molecule has 0 saturated heterocycles. The second-order valence-electron chi connectivity index (χ2n) is 4.04. The Morgan fingerprint density at radius 2 is 1.47 bits per heavy atom. The quantitative estimate of drug-likeness (QED) is 0.687. The van der Waals surface area contributed by atoms with Crippen molar-refractivity contribution in [3.05, 3.63) is 35.9 Å². The van der Waals surface area contributed by atoms with Crippen molar-refractivity contribution < 1.29 is 4.79 Å². The summed E-state index contributed by atoms with van der Waals surface area (Å²) in [7, 11) is -1.70. The molecule has 0 aliphatic rings. The van der Waals surface area contributed by atoms with Crippen LogP contribution in [-0.2, 0) is 0 Å². The van der Waals surface area contributed by atoms with E-state index in [0.717, 1.165) is 23.7 Å².